The molecule has 2 heterocycles. The maximum absolute atomic E-state index is 16.4. The summed E-state index contributed by atoms with van der Waals surface area (Å²) in [5.41, 5.74) is 5.63. The first-order valence-electron chi connectivity index (χ1n) is 18.3. The number of carbonyl (C=O) groups is 1. The fourth-order valence-corrected chi connectivity index (χ4v) is 9.69. The monoisotopic (exact) mass is 891 g/mol. The van der Waals surface area contributed by atoms with Crippen LogP contribution in [0.3, 0.4) is 0 Å². The SMILES string of the molecule is CCOC(=O)c1nc(-c2cc(-c3cccc(Br)c3)n(Cc3ccc(S(=O)(=O)N(Cc4ccc(OC)cc4)Cc4ccc(OC)cc4)c(F)c3)c2CC2CC2)sc1Cl. The molecule has 0 amide bonds. The molecule has 0 unspecified atom stereocenters. The number of halogens is 3. The Balaban J connectivity index is 1.27. The number of ether oxygens (including phenoxy) is 3. The highest BCUT2D eigenvalue weighted by molar-refractivity contribution is 9.10. The van der Waals surface area contributed by atoms with Gasteiger partial charge in [0.15, 0.2) is 5.69 Å². The Morgan fingerprint density at radius 3 is 2.12 bits per heavy atom. The van der Waals surface area contributed by atoms with Crippen LogP contribution >= 0.6 is 38.9 Å². The maximum Gasteiger partial charge on any atom is 0.359 e. The second kappa shape index (κ2) is 17.5. The van der Waals surface area contributed by atoms with Crippen molar-refractivity contribution in [1.29, 1.82) is 0 Å². The largest absolute Gasteiger partial charge is 0.497 e. The van der Waals surface area contributed by atoms with Crippen LogP contribution in [0.1, 0.15) is 52.6 Å². The zero-order valence-electron chi connectivity index (χ0n) is 31.5. The number of hydrogen-bond acceptors (Lipinski definition) is 8. The van der Waals surface area contributed by atoms with Gasteiger partial charge >= 0.3 is 5.97 Å². The number of methoxy groups -OCH3 is 2. The van der Waals surface area contributed by atoms with E-state index in [0.29, 0.717) is 39.1 Å². The molecule has 0 saturated heterocycles. The summed E-state index contributed by atoms with van der Waals surface area (Å²) in [5.74, 6) is 0.296. The molecule has 14 heteroatoms. The smallest absolute Gasteiger partial charge is 0.359 e. The number of carbonyl (C=O) groups excluding carboxylic acids is 1. The minimum Gasteiger partial charge on any atom is -0.497 e. The van der Waals surface area contributed by atoms with Gasteiger partial charge in [-0.2, -0.15) is 4.31 Å². The third-order valence-corrected chi connectivity index (χ3v) is 13.4. The van der Waals surface area contributed by atoms with E-state index in [0.717, 1.165) is 46.2 Å². The first kappa shape index (κ1) is 40.7. The molecule has 1 fully saturated rings. The maximum atomic E-state index is 16.4. The highest BCUT2D eigenvalue weighted by Gasteiger charge is 2.31. The Labute approximate surface area is 349 Å². The van der Waals surface area contributed by atoms with Gasteiger partial charge in [0.2, 0.25) is 10.0 Å². The van der Waals surface area contributed by atoms with Gasteiger partial charge < -0.3 is 18.8 Å². The summed E-state index contributed by atoms with van der Waals surface area (Å²) in [6, 6.07) is 28.5. The summed E-state index contributed by atoms with van der Waals surface area (Å²) >= 11 is 11.4. The lowest BCUT2D eigenvalue weighted by molar-refractivity contribution is 0.0520. The number of thiazole rings is 1. The Kier molecular flexibility index (Phi) is 12.5. The Bertz CT molecular complexity index is 2450. The number of benzene rings is 4. The van der Waals surface area contributed by atoms with Crippen LogP contribution in [0, 0.1) is 11.7 Å². The Morgan fingerprint density at radius 1 is 0.930 bits per heavy atom. The van der Waals surface area contributed by atoms with Gasteiger partial charge in [0, 0.05) is 41.1 Å². The molecule has 1 saturated carbocycles. The molecule has 57 heavy (non-hydrogen) atoms. The van der Waals surface area contributed by atoms with Crippen LogP contribution in [0.2, 0.25) is 4.34 Å². The average molecular weight is 893 g/mol. The van der Waals surface area contributed by atoms with E-state index >= 15 is 4.39 Å². The fourth-order valence-electron chi connectivity index (χ4n) is 6.67. The topological polar surface area (TPSA) is 100.0 Å². The van der Waals surface area contributed by atoms with Crippen LogP contribution in [-0.4, -0.2) is 49.1 Å². The number of rotatable bonds is 16. The molecular formula is C43H40BrClFN3O6S2. The summed E-state index contributed by atoms with van der Waals surface area (Å²) in [5, 5.41) is 0.579. The van der Waals surface area contributed by atoms with Gasteiger partial charge in [-0.25, -0.2) is 22.6 Å². The lowest BCUT2D eigenvalue weighted by Gasteiger charge is -2.23. The van der Waals surface area contributed by atoms with Crippen molar-refractivity contribution in [3.05, 3.63) is 140 Å². The van der Waals surface area contributed by atoms with Crippen molar-refractivity contribution in [2.24, 2.45) is 5.92 Å². The molecule has 4 aromatic carbocycles. The van der Waals surface area contributed by atoms with Crippen molar-refractivity contribution in [3.8, 4) is 33.3 Å². The van der Waals surface area contributed by atoms with E-state index in [-0.39, 0.29) is 36.3 Å². The van der Waals surface area contributed by atoms with Crippen molar-refractivity contribution in [3.63, 3.8) is 0 Å². The van der Waals surface area contributed by atoms with Crippen LogP contribution in [0.15, 0.2) is 106 Å². The van der Waals surface area contributed by atoms with Crippen molar-refractivity contribution in [2.75, 3.05) is 20.8 Å². The highest BCUT2D eigenvalue weighted by Crippen LogP contribution is 2.43. The van der Waals surface area contributed by atoms with Crippen molar-refractivity contribution >= 4 is 54.9 Å². The summed E-state index contributed by atoms with van der Waals surface area (Å²) < 4.78 is 65.5. The molecule has 1 aliphatic rings. The van der Waals surface area contributed by atoms with Crippen molar-refractivity contribution in [2.45, 2.75) is 50.7 Å². The number of aromatic nitrogens is 2. The summed E-state index contributed by atoms with van der Waals surface area (Å²) in [4.78, 5) is 16.9. The van der Waals surface area contributed by atoms with Gasteiger partial charge in [0.1, 0.15) is 31.6 Å². The molecule has 9 nitrogen and oxygen atoms in total. The molecule has 1 aliphatic carbocycles. The van der Waals surface area contributed by atoms with Crippen LogP contribution in [0.5, 0.6) is 11.5 Å². The lowest BCUT2D eigenvalue weighted by atomic mass is 10.1. The van der Waals surface area contributed by atoms with Crippen LogP contribution in [0.4, 0.5) is 4.39 Å². The second-order valence-electron chi connectivity index (χ2n) is 13.7. The quantitative estimate of drug-likeness (QED) is 0.0892. The molecule has 0 aliphatic heterocycles. The zero-order valence-corrected chi connectivity index (χ0v) is 35.5. The van der Waals surface area contributed by atoms with E-state index in [9.17, 15) is 13.2 Å². The molecular weight excluding hydrogens is 853 g/mol. The fraction of sp³-hybridized carbons (Fsp3) is 0.256. The summed E-state index contributed by atoms with van der Waals surface area (Å²) in [6.45, 7) is 2.17. The van der Waals surface area contributed by atoms with E-state index in [2.05, 4.69) is 25.5 Å². The predicted molar refractivity (Wildman–Crippen MR) is 224 cm³/mol. The standard InChI is InChI=1S/C43H40BrClFN3O6S2/c1-4-55-43(50)40-41(45)56-42(47-40)35-23-37(31-6-5-7-32(44)22-31)49(38(35)21-27-8-9-27)26-30-14-19-39(36(46)20-30)57(51,52)48(24-28-10-15-33(53-2)16-11-28)25-29-12-17-34(54-3)18-13-29/h5-7,10-20,22-23,27H,4,8-9,21,24-26H2,1-3H3. The molecule has 0 bridgehead atoms. The third-order valence-electron chi connectivity index (χ3n) is 9.78. The Morgan fingerprint density at radius 2 is 1.56 bits per heavy atom. The molecule has 2 aromatic heterocycles. The Hall–Kier alpha value is -4.53. The number of esters is 1. The predicted octanol–water partition coefficient (Wildman–Crippen LogP) is 10.4. The van der Waals surface area contributed by atoms with Crippen LogP contribution in [-0.2, 0) is 40.8 Å². The highest BCUT2D eigenvalue weighted by atomic mass is 79.9. The van der Waals surface area contributed by atoms with E-state index in [1.165, 1.54) is 27.8 Å². The number of sulfonamides is 1. The first-order valence-corrected chi connectivity index (χ1v) is 21.8. The molecule has 0 N–H and O–H groups in total. The molecule has 0 radical (unpaired) electrons. The molecule has 0 spiro atoms. The summed E-state index contributed by atoms with van der Waals surface area (Å²) in [6.07, 6.45) is 2.89. The van der Waals surface area contributed by atoms with Gasteiger partial charge in [-0.05, 0) is 109 Å². The van der Waals surface area contributed by atoms with Crippen LogP contribution < -0.4 is 9.47 Å². The third kappa shape index (κ3) is 9.29. The molecule has 6 aromatic rings. The van der Waals surface area contributed by atoms with Gasteiger partial charge in [-0.15, -0.1) is 11.3 Å². The minimum absolute atomic E-state index is 0.00483. The van der Waals surface area contributed by atoms with Crippen LogP contribution in [0.25, 0.3) is 21.8 Å². The second-order valence-corrected chi connectivity index (χ2v) is 18.2. The van der Waals surface area contributed by atoms with Crippen molar-refractivity contribution in [1.82, 2.24) is 13.9 Å². The van der Waals surface area contributed by atoms with Gasteiger partial charge in [-0.3, -0.25) is 0 Å². The summed E-state index contributed by atoms with van der Waals surface area (Å²) in [7, 11) is -1.22. The number of hydrogen-bond donors (Lipinski definition) is 0. The van der Waals surface area contributed by atoms with Gasteiger partial charge in [-0.1, -0.05) is 70.0 Å². The lowest BCUT2D eigenvalue weighted by Crippen LogP contribution is -2.31. The van der Waals surface area contributed by atoms with Crippen molar-refractivity contribution < 1.29 is 31.8 Å². The number of nitrogens with zero attached hydrogens (tertiary/aromatic N) is 3. The molecule has 0 atom stereocenters. The first-order chi connectivity index (χ1) is 27.5. The molecule has 7 rings (SSSR count). The minimum atomic E-state index is -4.34. The van der Waals surface area contributed by atoms with E-state index in [4.69, 9.17) is 25.8 Å². The van der Waals surface area contributed by atoms with E-state index in [1.807, 2.05) is 30.3 Å². The van der Waals surface area contributed by atoms with E-state index < -0.39 is 26.7 Å². The zero-order chi connectivity index (χ0) is 40.3. The van der Waals surface area contributed by atoms with Gasteiger partial charge in [0.25, 0.3) is 0 Å². The normalized spacial score (nSPS) is 12.9. The molecule has 296 valence electrons. The average Bonchev–Trinajstić information content (AvgIpc) is 3.84. The van der Waals surface area contributed by atoms with E-state index in [1.54, 1.807) is 75.7 Å². The van der Waals surface area contributed by atoms with Gasteiger partial charge in [0.05, 0.1) is 20.8 Å².